The lowest BCUT2D eigenvalue weighted by molar-refractivity contribution is 0.0696. The van der Waals surface area contributed by atoms with Crippen LogP contribution in [0.5, 0.6) is 0 Å². The average molecular weight is 437 g/mol. The van der Waals surface area contributed by atoms with Crippen LogP contribution >= 0.6 is 0 Å². The molecule has 5 aromatic rings. The van der Waals surface area contributed by atoms with Gasteiger partial charge in [0.05, 0.1) is 11.0 Å². The molecule has 5 rings (SSSR count). The minimum atomic E-state index is -1.24. The molecule has 0 bridgehead atoms. The largest absolute Gasteiger partial charge is 0.477 e. The molecule has 0 fully saturated rings. The van der Waals surface area contributed by atoms with Crippen molar-refractivity contribution in [3.05, 3.63) is 100 Å². The highest BCUT2D eigenvalue weighted by molar-refractivity contribution is 6.06. The lowest BCUT2D eigenvalue weighted by atomic mass is 9.95. The van der Waals surface area contributed by atoms with Crippen molar-refractivity contribution >= 4 is 27.9 Å². The Bertz CT molecular complexity index is 1550. The Kier molecular flexibility index (Phi) is 5.26. The molecule has 0 unspecified atom stereocenters. The van der Waals surface area contributed by atoms with Crippen molar-refractivity contribution in [2.24, 2.45) is 0 Å². The van der Waals surface area contributed by atoms with Crippen LogP contribution in [0.4, 0.5) is 0 Å². The Morgan fingerprint density at radius 1 is 1.00 bits per heavy atom. The summed E-state index contributed by atoms with van der Waals surface area (Å²) < 4.78 is 2.24. The van der Waals surface area contributed by atoms with Gasteiger partial charge in [-0.15, -0.1) is 0 Å². The van der Waals surface area contributed by atoms with Crippen molar-refractivity contribution in [3.8, 4) is 11.1 Å². The number of aryl methyl sites for hydroxylation is 1. The third kappa shape index (κ3) is 3.69. The van der Waals surface area contributed by atoms with Crippen molar-refractivity contribution in [3.63, 3.8) is 0 Å². The first-order valence-corrected chi connectivity index (χ1v) is 11.0. The van der Waals surface area contributed by atoms with Crippen LogP contribution in [0.1, 0.15) is 35.1 Å². The van der Waals surface area contributed by atoms with Crippen molar-refractivity contribution < 1.29 is 9.90 Å². The molecule has 6 heteroatoms. The van der Waals surface area contributed by atoms with Crippen LogP contribution in [-0.2, 0) is 13.0 Å². The summed E-state index contributed by atoms with van der Waals surface area (Å²) in [5.74, 6) is -0.188. The molecule has 6 nitrogen and oxygen atoms in total. The number of imidazole rings is 1. The predicted octanol–water partition coefficient (Wildman–Crippen LogP) is 5.24. The van der Waals surface area contributed by atoms with E-state index in [2.05, 4.69) is 22.5 Å². The summed E-state index contributed by atoms with van der Waals surface area (Å²) in [4.78, 5) is 31.9. The van der Waals surface area contributed by atoms with Gasteiger partial charge in [-0.1, -0.05) is 61.5 Å². The zero-order valence-electron chi connectivity index (χ0n) is 18.2. The van der Waals surface area contributed by atoms with E-state index in [9.17, 15) is 14.7 Å². The SMILES string of the molecule is CCCc1nc2ccccc2n1Cc1ccc(-c2c(C(=O)O)c(=O)[nH]c3ccccc23)cc1. The number of carboxylic acids is 1. The van der Waals surface area contributed by atoms with E-state index in [1.165, 1.54) is 0 Å². The van der Waals surface area contributed by atoms with E-state index in [0.717, 1.165) is 35.3 Å². The van der Waals surface area contributed by atoms with Gasteiger partial charge in [0.15, 0.2) is 0 Å². The molecule has 0 saturated carbocycles. The number of hydrogen-bond acceptors (Lipinski definition) is 3. The Morgan fingerprint density at radius 2 is 1.73 bits per heavy atom. The van der Waals surface area contributed by atoms with Crippen LogP contribution in [0.3, 0.4) is 0 Å². The highest BCUT2D eigenvalue weighted by Gasteiger charge is 2.20. The Morgan fingerprint density at radius 3 is 2.48 bits per heavy atom. The lowest BCUT2D eigenvalue weighted by Crippen LogP contribution is -2.19. The number of nitrogens with zero attached hydrogens (tertiary/aromatic N) is 2. The molecular formula is C27H23N3O3. The monoisotopic (exact) mass is 437 g/mol. The molecule has 3 aromatic carbocycles. The fourth-order valence-electron chi connectivity index (χ4n) is 4.42. The topological polar surface area (TPSA) is 88.0 Å². The van der Waals surface area contributed by atoms with E-state index in [1.54, 1.807) is 6.07 Å². The number of para-hydroxylation sites is 3. The quantitative estimate of drug-likeness (QED) is 0.380. The molecule has 0 atom stereocenters. The van der Waals surface area contributed by atoms with Crippen LogP contribution in [0.15, 0.2) is 77.6 Å². The zero-order chi connectivity index (χ0) is 22.9. The zero-order valence-corrected chi connectivity index (χ0v) is 18.2. The fourth-order valence-corrected chi connectivity index (χ4v) is 4.42. The Labute approximate surface area is 190 Å². The van der Waals surface area contributed by atoms with E-state index in [0.29, 0.717) is 28.6 Å². The highest BCUT2D eigenvalue weighted by atomic mass is 16.4. The summed E-state index contributed by atoms with van der Waals surface area (Å²) in [5.41, 5.74) is 4.06. The molecule has 33 heavy (non-hydrogen) atoms. The van der Waals surface area contributed by atoms with Crippen molar-refractivity contribution in [1.29, 1.82) is 0 Å². The maximum absolute atomic E-state index is 12.5. The van der Waals surface area contributed by atoms with Gasteiger partial charge in [-0.25, -0.2) is 9.78 Å². The number of fused-ring (bicyclic) bond motifs is 2. The van der Waals surface area contributed by atoms with Gasteiger partial charge in [-0.2, -0.15) is 0 Å². The first kappa shape index (κ1) is 20.7. The number of hydrogen-bond donors (Lipinski definition) is 2. The molecule has 0 amide bonds. The Hall–Kier alpha value is -4.19. The number of H-pyrrole nitrogens is 1. The predicted molar refractivity (Wildman–Crippen MR) is 130 cm³/mol. The summed E-state index contributed by atoms with van der Waals surface area (Å²) in [5, 5.41) is 10.4. The van der Waals surface area contributed by atoms with E-state index in [4.69, 9.17) is 4.98 Å². The molecular weight excluding hydrogens is 414 g/mol. The van der Waals surface area contributed by atoms with Gasteiger partial charge in [0.2, 0.25) is 0 Å². The molecule has 2 heterocycles. The van der Waals surface area contributed by atoms with Crippen LogP contribution in [0.25, 0.3) is 33.1 Å². The summed E-state index contributed by atoms with van der Waals surface area (Å²) in [6.45, 7) is 2.81. The van der Waals surface area contributed by atoms with Gasteiger partial charge in [0.1, 0.15) is 11.4 Å². The molecule has 0 saturated heterocycles. The smallest absolute Gasteiger partial charge is 0.342 e. The number of nitrogens with one attached hydrogen (secondary N) is 1. The average Bonchev–Trinajstić information content (AvgIpc) is 3.16. The normalized spacial score (nSPS) is 11.3. The van der Waals surface area contributed by atoms with Crippen molar-refractivity contribution in [2.45, 2.75) is 26.3 Å². The number of aromatic carboxylic acids is 1. The standard InChI is InChI=1S/C27H23N3O3/c1-2-7-23-28-21-10-5-6-11-22(21)30(23)16-17-12-14-18(15-13-17)24-19-8-3-4-9-20(19)29-26(31)25(24)27(32)33/h3-6,8-15H,2,7,16H2,1H3,(H,29,31)(H,32,33). The second-order valence-electron chi connectivity index (χ2n) is 8.10. The van der Waals surface area contributed by atoms with Gasteiger partial charge in [-0.3, -0.25) is 4.79 Å². The van der Waals surface area contributed by atoms with Gasteiger partial charge in [0, 0.05) is 29.4 Å². The third-order valence-corrected chi connectivity index (χ3v) is 5.93. The number of aromatic nitrogens is 3. The summed E-state index contributed by atoms with van der Waals surface area (Å²) >= 11 is 0. The highest BCUT2D eigenvalue weighted by Crippen LogP contribution is 2.30. The Balaban J connectivity index is 1.59. The molecule has 2 aromatic heterocycles. The molecule has 0 radical (unpaired) electrons. The van der Waals surface area contributed by atoms with Crippen LogP contribution < -0.4 is 5.56 Å². The molecule has 0 aliphatic rings. The second-order valence-corrected chi connectivity index (χ2v) is 8.10. The van der Waals surface area contributed by atoms with Gasteiger partial charge < -0.3 is 14.7 Å². The first-order chi connectivity index (χ1) is 16.1. The maximum Gasteiger partial charge on any atom is 0.342 e. The second kappa shape index (κ2) is 8.39. The fraction of sp³-hybridized carbons (Fsp3) is 0.148. The number of benzene rings is 3. The number of rotatable bonds is 6. The maximum atomic E-state index is 12.5. The van der Waals surface area contributed by atoms with E-state index in [1.807, 2.05) is 60.7 Å². The first-order valence-electron chi connectivity index (χ1n) is 11.0. The van der Waals surface area contributed by atoms with Gasteiger partial charge in [0.25, 0.3) is 5.56 Å². The van der Waals surface area contributed by atoms with E-state index in [-0.39, 0.29) is 5.56 Å². The number of carboxylic acid groups (broad SMARTS) is 1. The van der Waals surface area contributed by atoms with Crippen molar-refractivity contribution in [2.75, 3.05) is 0 Å². The van der Waals surface area contributed by atoms with Crippen LogP contribution in [0, 0.1) is 0 Å². The summed E-state index contributed by atoms with van der Waals surface area (Å²) in [7, 11) is 0. The molecule has 164 valence electrons. The number of pyridine rings is 1. The van der Waals surface area contributed by atoms with Crippen LogP contribution in [0.2, 0.25) is 0 Å². The minimum absolute atomic E-state index is 0.243. The van der Waals surface area contributed by atoms with E-state index >= 15 is 0 Å². The number of aromatic amines is 1. The minimum Gasteiger partial charge on any atom is -0.477 e. The summed E-state index contributed by atoms with van der Waals surface area (Å²) in [6, 6.07) is 23.1. The molecule has 0 spiro atoms. The van der Waals surface area contributed by atoms with Crippen molar-refractivity contribution in [1.82, 2.24) is 14.5 Å². The van der Waals surface area contributed by atoms with Crippen LogP contribution in [-0.4, -0.2) is 25.6 Å². The molecule has 0 aliphatic carbocycles. The third-order valence-electron chi connectivity index (χ3n) is 5.93. The molecule has 2 N–H and O–H groups in total. The van der Waals surface area contributed by atoms with Gasteiger partial charge >= 0.3 is 5.97 Å². The lowest BCUT2D eigenvalue weighted by Gasteiger charge is -2.12. The van der Waals surface area contributed by atoms with Gasteiger partial charge in [-0.05, 0) is 35.7 Å². The molecule has 0 aliphatic heterocycles. The van der Waals surface area contributed by atoms with E-state index < -0.39 is 11.5 Å². The number of carbonyl (C=O) groups is 1. The summed E-state index contributed by atoms with van der Waals surface area (Å²) in [6.07, 6.45) is 1.91.